The molecule has 2 atom stereocenters. The summed E-state index contributed by atoms with van der Waals surface area (Å²) in [6, 6.07) is 16.2. The fourth-order valence-corrected chi connectivity index (χ4v) is 6.20. The molecular weight excluding hydrogens is 674 g/mol. The van der Waals surface area contributed by atoms with E-state index in [1.165, 1.54) is 11.9 Å². The molecule has 0 aliphatic carbocycles. The van der Waals surface area contributed by atoms with Crippen molar-refractivity contribution in [3.05, 3.63) is 133 Å². The smallest absolute Gasteiger partial charge is 0.390 e. The standard InChI is InChI=1S/C43H58FN3O4S/c1-4-5-6-7-8-9-10-11-12-13-14-15-16-17-18-19-20-21-25-28-42(49)45-38-29-31-39(32-30-38)52-47(34-36(2)3)35-41(48)40(46-43(50)51-44)33-37-26-23-22-24-27-37/h5-6,8-9,11-12,14-15,17-18,20-24,26-27,29-32,36,40-41,48H,4,7,10,13,16,19,25,28,33-35H2,1-3H3,(H,45,49)(H,46,50)/b6-5-,9-8-,12-11-,15-14-,18-17-,21-20-. The SMILES string of the molecule is CC/C=C\C/C=C\C/C=C\C/C=C\C/C=C\C/C=C\CCC(=O)Nc1ccc(SN(CC(C)C)CC(O)C(Cc2ccccc2)NC(=O)OF)cc1. The molecular formula is C43H58FN3O4S. The quantitative estimate of drug-likeness (QED) is 0.0696. The number of hydrogen-bond acceptors (Lipinski definition) is 6. The molecule has 0 saturated heterocycles. The maximum absolute atomic E-state index is 12.6. The van der Waals surface area contributed by atoms with Gasteiger partial charge in [0.25, 0.3) is 0 Å². The number of hydrogen-bond donors (Lipinski definition) is 3. The van der Waals surface area contributed by atoms with Crippen LogP contribution in [-0.2, 0) is 16.2 Å². The lowest BCUT2D eigenvalue weighted by atomic mass is 10.0. The van der Waals surface area contributed by atoms with Gasteiger partial charge in [0.05, 0.1) is 12.1 Å². The maximum Gasteiger partial charge on any atom is 0.445 e. The molecule has 0 fully saturated rings. The molecule has 0 aliphatic rings. The van der Waals surface area contributed by atoms with Crippen LogP contribution in [0.15, 0.2) is 132 Å². The van der Waals surface area contributed by atoms with Gasteiger partial charge in [0, 0.05) is 34.6 Å². The number of carbonyl (C=O) groups excluding carboxylic acids is 2. The summed E-state index contributed by atoms with van der Waals surface area (Å²) < 4.78 is 14.6. The molecule has 0 aliphatic heterocycles. The van der Waals surface area contributed by atoms with Gasteiger partial charge >= 0.3 is 6.09 Å². The Morgan fingerprint density at radius 3 is 1.85 bits per heavy atom. The van der Waals surface area contributed by atoms with Gasteiger partial charge in [-0.15, -0.1) is 0 Å². The van der Waals surface area contributed by atoms with Crippen LogP contribution in [0.3, 0.4) is 0 Å². The van der Waals surface area contributed by atoms with Crippen LogP contribution in [0.4, 0.5) is 15.0 Å². The number of benzene rings is 2. The molecule has 2 aromatic rings. The lowest BCUT2D eigenvalue weighted by Gasteiger charge is -2.30. The number of nitrogens with zero attached hydrogens (tertiary/aromatic N) is 1. The topological polar surface area (TPSA) is 90.9 Å². The van der Waals surface area contributed by atoms with E-state index < -0.39 is 18.2 Å². The Bertz CT molecular complexity index is 1440. The van der Waals surface area contributed by atoms with Crippen molar-refractivity contribution in [2.24, 2.45) is 5.92 Å². The van der Waals surface area contributed by atoms with E-state index in [1.807, 2.05) is 65.0 Å². The van der Waals surface area contributed by atoms with Crippen molar-refractivity contribution in [1.82, 2.24) is 9.62 Å². The lowest BCUT2D eigenvalue weighted by molar-refractivity contribution is -0.116. The molecule has 2 unspecified atom stereocenters. The van der Waals surface area contributed by atoms with Gasteiger partial charge in [-0.2, -0.15) is 0 Å². The predicted octanol–water partition coefficient (Wildman–Crippen LogP) is 10.7. The number of aliphatic hydroxyl groups excluding tert-OH is 1. The van der Waals surface area contributed by atoms with E-state index in [-0.39, 0.29) is 12.5 Å². The van der Waals surface area contributed by atoms with Crippen molar-refractivity contribution in [2.45, 2.75) is 95.6 Å². The second kappa shape index (κ2) is 28.4. The summed E-state index contributed by atoms with van der Waals surface area (Å²) in [6.07, 6.45) is 30.9. The number of halogens is 1. The summed E-state index contributed by atoms with van der Waals surface area (Å²) in [5.41, 5.74) is 1.60. The monoisotopic (exact) mass is 731 g/mol. The molecule has 0 heterocycles. The Kier molecular flexibility index (Phi) is 24.0. The zero-order valence-corrected chi connectivity index (χ0v) is 31.9. The van der Waals surface area contributed by atoms with Gasteiger partial charge in [0.1, 0.15) is 0 Å². The molecule has 0 spiro atoms. The Morgan fingerprint density at radius 2 is 1.33 bits per heavy atom. The van der Waals surface area contributed by atoms with E-state index in [4.69, 9.17) is 0 Å². The highest BCUT2D eigenvalue weighted by Gasteiger charge is 2.26. The first-order valence-electron chi connectivity index (χ1n) is 18.3. The molecule has 282 valence electrons. The van der Waals surface area contributed by atoms with Crippen LogP contribution in [0.2, 0.25) is 0 Å². The van der Waals surface area contributed by atoms with Gasteiger partial charge in [-0.05, 0) is 99.1 Å². The number of amides is 2. The zero-order chi connectivity index (χ0) is 37.7. The maximum atomic E-state index is 12.6. The molecule has 7 nitrogen and oxygen atoms in total. The number of aliphatic hydroxyl groups is 1. The fraction of sp³-hybridized carbons (Fsp3) is 0.395. The largest absolute Gasteiger partial charge is 0.445 e. The van der Waals surface area contributed by atoms with Crippen molar-refractivity contribution in [1.29, 1.82) is 0 Å². The lowest BCUT2D eigenvalue weighted by Crippen LogP contribution is -2.48. The molecule has 0 bridgehead atoms. The number of nitrogens with one attached hydrogen (secondary N) is 2. The first-order chi connectivity index (χ1) is 25.3. The van der Waals surface area contributed by atoms with E-state index in [2.05, 4.69) is 103 Å². The van der Waals surface area contributed by atoms with Gasteiger partial charge in [-0.1, -0.05) is 124 Å². The van der Waals surface area contributed by atoms with Crippen LogP contribution in [0.25, 0.3) is 0 Å². The number of allylic oxidation sites excluding steroid dienone is 12. The highest BCUT2D eigenvalue weighted by Crippen LogP contribution is 2.26. The molecule has 52 heavy (non-hydrogen) atoms. The Hall–Kier alpha value is -4.18. The summed E-state index contributed by atoms with van der Waals surface area (Å²) in [6.45, 7) is 7.20. The Labute approximate surface area is 315 Å². The van der Waals surface area contributed by atoms with E-state index >= 15 is 0 Å². The van der Waals surface area contributed by atoms with Crippen LogP contribution in [0.1, 0.15) is 77.7 Å². The normalized spacial score (nSPS) is 13.5. The van der Waals surface area contributed by atoms with Crippen molar-refractivity contribution < 1.29 is 24.2 Å². The van der Waals surface area contributed by atoms with Gasteiger partial charge < -0.3 is 15.7 Å². The molecule has 0 saturated carbocycles. The number of anilines is 1. The van der Waals surface area contributed by atoms with Crippen LogP contribution < -0.4 is 10.6 Å². The first kappa shape index (κ1) is 44.0. The van der Waals surface area contributed by atoms with Gasteiger partial charge in [0.15, 0.2) is 0 Å². The molecule has 2 rings (SSSR count). The van der Waals surface area contributed by atoms with Crippen molar-refractivity contribution in [3.63, 3.8) is 0 Å². The van der Waals surface area contributed by atoms with Gasteiger partial charge in [0.2, 0.25) is 5.91 Å². The summed E-state index contributed by atoms with van der Waals surface area (Å²) in [5.74, 6) is 0.254. The summed E-state index contributed by atoms with van der Waals surface area (Å²) in [5, 5.41) is 16.5. The number of rotatable bonds is 25. The van der Waals surface area contributed by atoms with Crippen molar-refractivity contribution in [2.75, 3.05) is 18.4 Å². The highest BCUT2D eigenvalue weighted by molar-refractivity contribution is 7.97. The fourth-order valence-electron chi connectivity index (χ4n) is 5.04. The first-order valence-corrected chi connectivity index (χ1v) is 19.1. The van der Waals surface area contributed by atoms with Crippen LogP contribution in [0.5, 0.6) is 0 Å². The summed E-state index contributed by atoms with van der Waals surface area (Å²) in [7, 11) is 0. The van der Waals surface area contributed by atoms with E-state index in [0.717, 1.165) is 49.0 Å². The second-order valence-corrected chi connectivity index (χ2v) is 13.9. The van der Waals surface area contributed by atoms with Crippen molar-refractivity contribution >= 4 is 29.6 Å². The van der Waals surface area contributed by atoms with E-state index in [9.17, 15) is 19.2 Å². The Morgan fingerprint density at radius 1 is 0.788 bits per heavy atom. The summed E-state index contributed by atoms with van der Waals surface area (Å²) >= 11 is 1.47. The number of carbonyl (C=O) groups is 2. The third kappa shape index (κ3) is 21.9. The average molecular weight is 732 g/mol. The molecule has 2 amide bonds. The molecule has 3 N–H and O–H groups in total. The zero-order valence-electron chi connectivity index (χ0n) is 31.0. The van der Waals surface area contributed by atoms with E-state index in [0.29, 0.717) is 37.4 Å². The molecule has 2 aromatic carbocycles. The van der Waals surface area contributed by atoms with E-state index in [1.54, 1.807) is 0 Å². The minimum atomic E-state index is -1.24. The van der Waals surface area contributed by atoms with Gasteiger partial charge in [-0.25, -0.2) is 14.0 Å². The van der Waals surface area contributed by atoms with Crippen LogP contribution in [0, 0.1) is 5.92 Å². The molecule has 9 heteroatoms. The minimum Gasteiger partial charge on any atom is -0.390 e. The minimum absolute atomic E-state index is 0.0479. The Balaban J connectivity index is 1.72. The average Bonchev–Trinajstić information content (AvgIpc) is 3.13. The van der Waals surface area contributed by atoms with Crippen molar-refractivity contribution in [3.8, 4) is 0 Å². The molecule has 0 aromatic heterocycles. The molecule has 0 radical (unpaired) electrons. The second-order valence-electron chi connectivity index (χ2n) is 12.7. The predicted molar refractivity (Wildman–Crippen MR) is 215 cm³/mol. The third-order valence-electron chi connectivity index (χ3n) is 7.60. The van der Waals surface area contributed by atoms with Crippen LogP contribution >= 0.6 is 11.9 Å². The van der Waals surface area contributed by atoms with Crippen LogP contribution in [-0.4, -0.2) is 46.6 Å². The van der Waals surface area contributed by atoms with Gasteiger partial charge in [-0.3, -0.25) is 4.79 Å². The highest BCUT2D eigenvalue weighted by atomic mass is 32.2. The third-order valence-corrected chi connectivity index (χ3v) is 8.64. The summed E-state index contributed by atoms with van der Waals surface area (Å²) in [4.78, 5) is 28.5.